The molecule has 0 radical (unpaired) electrons. The Kier molecular flexibility index (Phi) is 5.87. The Morgan fingerprint density at radius 1 is 1.11 bits per heavy atom. The van der Waals surface area contributed by atoms with E-state index in [1.54, 1.807) is 26.4 Å². The molecule has 3 aromatic rings. The topological polar surface area (TPSA) is 81.4 Å². The average molecular weight is 384 g/mol. The lowest BCUT2D eigenvalue weighted by atomic mass is 10.2. The largest absolute Gasteiger partial charge is 0.493 e. The Balaban J connectivity index is 1.63. The summed E-state index contributed by atoms with van der Waals surface area (Å²) in [7, 11) is 3.17. The van der Waals surface area contributed by atoms with Crippen LogP contribution in [0.5, 0.6) is 11.5 Å². The molecule has 27 heavy (non-hydrogen) atoms. The molecule has 0 aliphatic heterocycles. The second-order valence-corrected chi connectivity index (χ2v) is 6.11. The number of aryl methyl sites for hydroxylation is 1. The van der Waals surface area contributed by atoms with E-state index in [1.807, 2.05) is 37.3 Å². The number of rotatable bonds is 6. The third-order valence-electron chi connectivity index (χ3n) is 3.90. The van der Waals surface area contributed by atoms with Crippen LogP contribution in [0, 0.1) is 6.92 Å². The summed E-state index contributed by atoms with van der Waals surface area (Å²) in [6.07, 6.45) is 0. The monoisotopic (exact) mass is 384 g/mol. The predicted octanol–water partition coefficient (Wildman–Crippen LogP) is 3.55. The Hall–Kier alpha value is -3.13. The normalized spacial score (nSPS) is 10.3. The second kappa shape index (κ2) is 8.50. The van der Waals surface area contributed by atoms with Gasteiger partial charge in [-0.05, 0) is 49.0 Å². The minimum absolute atomic E-state index is 0.317. The summed E-state index contributed by atoms with van der Waals surface area (Å²) < 4.78 is 15.8. The summed E-state index contributed by atoms with van der Waals surface area (Å²) in [6.45, 7) is 2.33. The molecular formula is C19H20N4O3S. The molecule has 2 aromatic carbocycles. The molecule has 1 heterocycles. The maximum Gasteiger partial charge on any atom is 0.246 e. The van der Waals surface area contributed by atoms with Crippen molar-refractivity contribution in [2.45, 2.75) is 13.5 Å². The van der Waals surface area contributed by atoms with Crippen molar-refractivity contribution < 1.29 is 14.0 Å². The molecule has 0 bridgehead atoms. The van der Waals surface area contributed by atoms with E-state index >= 15 is 0 Å². The van der Waals surface area contributed by atoms with Crippen molar-refractivity contribution in [1.29, 1.82) is 0 Å². The van der Waals surface area contributed by atoms with Crippen LogP contribution in [0.2, 0.25) is 0 Å². The first-order chi connectivity index (χ1) is 13.1. The number of thiocarbonyl (C=S) groups is 1. The smallest absolute Gasteiger partial charge is 0.246 e. The Bertz CT molecular complexity index is 942. The second-order valence-electron chi connectivity index (χ2n) is 5.70. The van der Waals surface area contributed by atoms with Gasteiger partial charge in [0.1, 0.15) is 0 Å². The van der Waals surface area contributed by atoms with Gasteiger partial charge in [-0.15, -0.1) is 0 Å². The van der Waals surface area contributed by atoms with Gasteiger partial charge in [0.25, 0.3) is 0 Å². The molecule has 0 saturated heterocycles. The van der Waals surface area contributed by atoms with Crippen LogP contribution >= 0.6 is 12.2 Å². The number of para-hydroxylation sites is 1. The molecule has 0 aliphatic carbocycles. The number of benzene rings is 2. The van der Waals surface area contributed by atoms with E-state index in [0.717, 1.165) is 16.8 Å². The van der Waals surface area contributed by atoms with Crippen molar-refractivity contribution in [3.63, 3.8) is 0 Å². The SMILES string of the molecule is COc1ccc(-c2noc(CNC(=S)Nc3ccccc3C)n2)cc1OC. The number of hydrogen-bond donors (Lipinski definition) is 2. The molecular weight excluding hydrogens is 364 g/mol. The molecule has 7 nitrogen and oxygen atoms in total. The van der Waals surface area contributed by atoms with Crippen LogP contribution < -0.4 is 20.1 Å². The Morgan fingerprint density at radius 3 is 2.63 bits per heavy atom. The number of aromatic nitrogens is 2. The predicted molar refractivity (Wildman–Crippen MR) is 107 cm³/mol. The molecule has 2 N–H and O–H groups in total. The molecule has 0 fully saturated rings. The fourth-order valence-electron chi connectivity index (χ4n) is 2.45. The Morgan fingerprint density at radius 2 is 1.89 bits per heavy atom. The third-order valence-corrected chi connectivity index (χ3v) is 4.15. The average Bonchev–Trinajstić information content (AvgIpc) is 3.16. The fraction of sp³-hybridized carbons (Fsp3) is 0.211. The van der Waals surface area contributed by atoms with Crippen LogP contribution in [0.15, 0.2) is 47.0 Å². The molecule has 0 saturated carbocycles. The van der Waals surface area contributed by atoms with Crippen molar-refractivity contribution in [2.24, 2.45) is 0 Å². The van der Waals surface area contributed by atoms with Crippen LogP contribution in [0.25, 0.3) is 11.4 Å². The third kappa shape index (κ3) is 4.53. The van der Waals surface area contributed by atoms with E-state index in [1.165, 1.54) is 0 Å². The van der Waals surface area contributed by atoms with Crippen molar-refractivity contribution in [1.82, 2.24) is 15.5 Å². The number of methoxy groups -OCH3 is 2. The minimum atomic E-state index is 0.317. The highest BCUT2D eigenvalue weighted by atomic mass is 32.1. The van der Waals surface area contributed by atoms with E-state index in [4.69, 9.17) is 26.2 Å². The van der Waals surface area contributed by atoms with Crippen molar-refractivity contribution >= 4 is 23.0 Å². The summed E-state index contributed by atoms with van der Waals surface area (Å²) in [4.78, 5) is 4.38. The van der Waals surface area contributed by atoms with Gasteiger partial charge in [-0.1, -0.05) is 23.4 Å². The van der Waals surface area contributed by atoms with Crippen molar-refractivity contribution in [3.8, 4) is 22.9 Å². The highest BCUT2D eigenvalue weighted by Gasteiger charge is 2.12. The number of nitrogens with one attached hydrogen (secondary N) is 2. The molecule has 0 atom stereocenters. The van der Waals surface area contributed by atoms with Crippen LogP contribution in [0.4, 0.5) is 5.69 Å². The summed E-state index contributed by atoms with van der Waals surface area (Å²) in [5, 5.41) is 10.7. The zero-order valence-corrected chi connectivity index (χ0v) is 16.1. The lowest BCUT2D eigenvalue weighted by molar-refractivity contribution is 0.355. The minimum Gasteiger partial charge on any atom is -0.493 e. The zero-order chi connectivity index (χ0) is 19.2. The maximum absolute atomic E-state index is 5.31. The first-order valence-electron chi connectivity index (χ1n) is 8.26. The number of hydrogen-bond acceptors (Lipinski definition) is 6. The first kappa shape index (κ1) is 18.7. The molecule has 0 amide bonds. The van der Waals surface area contributed by atoms with Crippen LogP contribution in [-0.4, -0.2) is 29.5 Å². The number of anilines is 1. The van der Waals surface area contributed by atoms with Crippen LogP contribution in [-0.2, 0) is 6.54 Å². The lowest BCUT2D eigenvalue weighted by Crippen LogP contribution is -2.28. The van der Waals surface area contributed by atoms with Gasteiger partial charge in [0.2, 0.25) is 11.7 Å². The summed E-state index contributed by atoms with van der Waals surface area (Å²) >= 11 is 5.31. The molecule has 3 rings (SSSR count). The molecule has 0 spiro atoms. The van der Waals surface area contributed by atoms with Crippen molar-refractivity contribution in [3.05, 3.63) is 53.9 Å². The van der Waals surface area contributed by atoms with E-state index in [2.05, 4.69) is 20.8 Å². The van der Waals surface area contributed by atoms with Gasteiger partial charge >= 0.3 is 0 Å². The summed E-state index contributed by atoms with van der Waals surface area (Å²) in [5.41, 5.74) is 2.82. The van der Waals surface area contributed by atoms with Gasteiger partial charge < -0.3 is 24.6 Å². The number of nitrogens with zero attached hydrogens (tertiary/aromatic N) is 2. The van der Waals surface area contributed by atoms with Crippen LogP contribution in [0.3, 0.4) is 0 Å². The van der Waals surface area contributed by atoms with Gasteiger partial charge in [-0.2, -0.15) is 4.98 Å². The highest BCUT2D eigenvalue weighted by Crippen LogP contribution is 2.31. The standard InChI is InChI=1S/C19H20N4O3S/c1-12-6-4-5-7-14(12)21-19(27)20-11-17-22-18(23-26-17)13-8-9-15(24-2)16(10-13)25-3/h4-10H,11H2,1-3H3,(H2,20,21,27). The van der Waals surface area contributed by atoms with E-state index in [-0.39, 0.29) is 0 Å². The van der Waals surface area contributed by atoms with Gasteiger partial charge in [-0.3, -0.25) is 0 Å². The zero-order valence-electron chi connectivity index (χ0n) is 15.3. The molecule has 0 aliphatic rings. The summed E-state index contributed by atoms with van der Waals surface area (Å²) in [5.74, 6) is 2.13. The highest BCUT2D eigenvalue weighted by molar-refractivity contribution is 7.80. The Labute approximate surface area is 162 Å². The van der Waals surface area contributed by atoms with Crippen molar-refractivity contribution in [2.75, 3.05) is 19.5 Å². The van der Waals surface area contributed by atoms with Gasteiger partial charge in [-0.25, -0.2) is 0 Å². The van der Waals surface area contributed by atoms with Gasteiger partial charge in [0.05, 0.1) is 20.8 Å². The van der Waals surface area contributed by atoms with E-state index in [9.17, 15) is 0 Å². The molecule has 0 unspecified atom stereocenters. The molecule has 8 heteroatoms. The molecule has 140 valence electrons. The number of ether oxygens (including phenoxy) is 2. The summed E-state index contributed by atoms with van der Waals surface area (Å²) in [6, 6.07) is 13.3. The van der Waals surface area contributed by atoms with Gasteiger partial charge in [0, 0.05) is 11.3 Å². The van der Waals surface area contributed by atoms with E-state index in [0.29, 0.717) is 34.9 Å². The van der Waals surface area contributed by atoms with E-state index < -0.39 is 0 Å². The molecule has 1 aromatic heterocycles. The van der Waals surface area contributed by atoms with Crippen LogP contribution in [0.1, 0.15) is 11.5 Å². The van der Waals surface area contributed by atoms with Gasteiger partial charge in [0.15, 0.2) is 16.6 Å². The quantitative estimate of drug-likeness (QED) is 0.625. The maximum atomic E-state index is 5.31. The fourth-order valence-corrected chi connectivity index (χ4v) is 2.64. The lowest BCUT2D eigenvalue weighted by Gasteiger charge is -2.10. The first-order valence-corrected chi connectivity index (χ1v) is 8.67.